The fraction of sp³-hybridized carbons (Fsp3) is 0.750. The summed E-state index contributed by atoms with van der Waals surface area (Å²) in [5.41, 5.74) is 4.98. The van der Waals surface area contributed by atoms with Crippen molar-refractivity contribution < 1.29 is 0 Å². The maximum Gasteiger partial charge on any atom is 0.0966 e. The van der Waals surface area contributed by atoms with Gasteiger partial charge in [-0.15, -0.1) is 0 Å². The van der Waals surface area contributed by atoms with Crippen LogP contribution in [0.3, 0.4) is 0 Å². The lowest BCUT2D eigenvalue weighted by molar-refractivity contribution is 0.459. The molecule has 0 saturated carbocycles. The molecular weight excluding hydrogens is 152 g/mol. The Morgan fingerprint density at radius 1 is 1.50 bits per heavy atom. The molecule has 4 N–H and O–H groups in total. The van der Waals surface area contributed by atoms with Crippen LogP contribution >= 0.6 is 0 Å². The molecule has 0 aromatic rings. The zero-order chi connectivity index (χ0) is 9.61. The number of aliphatic imine (C=N–C) groups is 1. The van der Waals surface area contributed by atoms with Gasteiger partial charge in [-0.05, 0) is 12.8 Å². The van der Waals surface area contributed by atoms with Crippen molar-refractivity contribution in [1.29, 1.82) is 0 Å². The van der Waals surface area contributed by atoms with Gasteiger partial charge in [0.1, 0.15) is 0 Å². The van der Waals surface area contributed by atoms with Gasteiger partial charge < -0.3 is 11.6 Å². The zero-order valence-corrected chi connectivity index (χ0v) is 7.99. The van der Waals surface area contributed by atoms with Crippen LogP contribution in [-0.2, 0) is 0 Å². The van der Waals surface area contributed by atoms with Crippen LogP contribution in [0.5, 0.6) is 0 Å². The van der Waals surface area contributed by atoms with Gasteiger partial charge in [0.25, 0.3) is 0 Å². The van der Waals surface area contributed by atoms with E-state index in [0.29, 0.717) is 12.5 Å². The summed E-state index contributed by atoms with van der Waals surface area (Å²) in [4.78, 5) is 4.28. The van der Waals surface area contributed by atoms with Crippen LogP contribution in [0, 0.1) is 5.92 Å². The average molecular weight is 170 g/mol. The summed E-state index contributed by atoms with van der Waals surface area (Å²) in [7, 11) is 0. The molecule has 1 atom stereocenters. The van der Waals surface area contributed by atoms with Crippen LogP contribution in [0.1, 0.15) is 20.8 Å². The van der Waals surface area contributed by atoms with E-state index in [-0.39, 0.29) is 5.54 Å². The maximum absolute atomic E-state index is 5.31. The predicted molar refractivity (Wildman–Crippen MR) is 53.5 cm³/mol. The molecule has 0 heterocycles. The molecule has 4 nitrogen and oxygen atoms in total. The molecule has 0 radical (unpaired) electrons. The van der Waals surface area contributed by atoms with Gasteiger partial charge >= 0.3 is 0 Å². The summed E-state index contributed by atoms with van der Waals surface area (Å²) in [5, 5.41) is 3.50. The van der Waals surface area contributed by atoms with Gasteiger partial charge in [0.05, 0.1) is 11.8 Å². The van der Waals surface area contributed by atoms with E-state index in [2.05, 4.69) is 23.9 Å². The minimum absolute atomic E-state index is 0.325. The largest absolute Gasteiger partial charge is 0.326 e. The molecule has 1 unspecified atom stereocenters. The third-order valence-corrected chi connectivity index (χ3v) is 1.98. The number of hydrogen-bond acceptors (Lipinski definition) is 4. The highest BCUT2D eigenvalue weighted by atomic mass is 15.1. The van der Waals surface area contributed by atoms with Crippen molar-refractivity contribution in [3.8, 4) is 0 Å². The Bertz CT molecular complexity index is 174. The zero-order valence-electron chi connectivity index (χ0n) is 7.99. The van der Waals surface area contributed by atoms with Crippen LogP contribution in [0.15, 0.2) is 10.1 Å². The number of nitrogens with zero attached hydrogens (tertiary/aromatic N) is 2. The highest BCUT2D eigenvalue weighted by molar-refractivity contribution is 5.74. The van der Waals surface area contributed by atoms with Crippen molar-refractivity contribution >= 4 is 12.4 Å². The maximum atomic E-state index is 5.31. The Morgan fingerprint density at radius 3 is 2.42 bits per heavy atom. The van der Waals surface area contributed by atoms with Crippen molar-refractivity contribution in [2.24, 2.45) is 27.6 Å². The Morgan fingerprint density at radius 2 is 2.08 bits per heavy atom. The molecular formula is C8H18N4. The summed E-state index contributed by atoms with van der Waals surface area (Å²) in [5.74, 6) is 5.44. The van der Waals surface area contributed by atoms with Gasteiger partial charge in [0, 0.05) is 12.8 Å². The molecule has 70 valence electrons. The van der Waals surface area contributed by atoms with Crippen LogP contribution in [0.25, 0.3) is 0 Å². The first kappa shape index (κ1) is 11.1. The lowest BCUT2D eigenvalue weighted by Gasteiger charge is -2.24. The van der Waals surface area contributed by atoms with Gasteiger partial charge in [-0.25, -0.2) is 0 Å². The van der Waals surface area contributed by atoms with Gasteiger partial charge in [-0.3, -0.25) is 4.99 Å². The molecule has 12 heavy (non-hydrogen) atoms. The van der Waals surface area contributed by atoms with Gasteiger partial charge in [-0.2, -0.15) is 5.10 Å². The van der Waals surface area contributed by atoms with Gasteiger partial charge in [-0.1, -0.05) is 13.8 Å². The van der Waals surface area contributed by atoms with Gasteiger partial charge in [0.15, 0.2) is 0 Å². The molecule has 0 amide bonds. The summed E-state index contributed by atoms with van der Waals surface area (Å²) < 4.78 is 0. The lowest BCUT2D eigenvalue weighted by atomic mass is 9.90. The van der Waals surface area contributed by atoms with E-state index in [0.717, 1.165) is 0 Å². The summed E-state index contributed by atoms with van der Waals surface area (Å²) in [6.07, 6.45) is 3.32. The van der Waals surface area contributed by atoms with Crippen molar-refractivity contribution in [1.82, 2.24) is 0 Å². The van der Waals surface area contributed by atoms with Crippen LogP contribution in [0.4, 0.5) is 0 Å². The summed E-state index contributed by atoms with van der Waals surface area (Å²) in [6.45, 7) is 6.55. The first-order chi connectivity index (χ1) is 5.56. The molecule has 0 aliphatic carbocycles. The Kier molecular flexibility index (Phi) is 4.51. The summed E-state index contributed by atoms with van der Waals surface area (Å²) >= 11 is 0. The molecule has 0 spiro atoms. The first-order valence-corrected chi connectivity index (χ1v) is 4.05. The molecule has 0 aromatic carbocycles. The minimum Gasteiger partial charge on any atom is -0.326 e. The van der Waals surface area contributed by atoms with Crippen molar-refractivity contribution in [3.63, 3.8) is 0 Å². The second-order valence-corrected chi connectivity index (χ2v) is 3.21. The normalized spacial score (nSPS) is 17.8. The highest BCUT2D eigenvalue weighted by Crippen LogP contribution is 2.18. The number of nitrogens with two attached hydrogens (primary N) is 2. The standard InChI is InChI=1S/C8H18N4/c1-7(2)8(3,6-12-10)11-5-4-9/h5-7H,4,9-10H2,1-3H3/b11-5-,12-6-. The van der Waals surface area contributed by atoms with E-state index in [9.17, 15) is 0 Å². The number of hydrogen-bond donors (Lipinski definition) is 2. The first-order valence-electron chi connectivity index (χ1n) is 4.05. The van der Waals surface area contributed by atoms with E-state index in [4.69, 9.17) is 11.6 Å². The van der Waals surface area contributed by atoms with E-state index in [1.807, 2.05) is 6.92 Å². The molecule has 0 rings (SSSR count). The molecule has 0 aromatic heterocycles. The SMILES string of the molecule is CC(C)C(C)(/C=N\N)/N=C\CN. The van der Waals surface area contributed by atoms with Crippen molar-refractivity contribution in [2.75, 3.05) is 6.54 Å². The fourth-order valence-electron chi connectivity index (χ4n) is 0.732. The topological polar surface area (TPSA) is 76.8 Å². The Hall–Kier alpha value is -0.900. The third kappa shape index (κ3) is 3.00. The fourth-order valence-corrected chi connectivity index (χ4v) is 0.732. The highest BCUT2D eigenvalue weighted by Gasteiger charge is 2.24. The summed E-state index contributed by atoms with van der Waals surface area (Å²) in [6, 6.07) is 0. The van der Waals surface area contributed by atoms with E-state index in [1.165, 1.54) is 0 Å². The molecule has 0 saturated heterocycles. The second-order valence-electron chi connectivity index (χ2n) is 3.21. The molecule has 0 aliphatic heterocycles. The Labute approximate surface area is 73.7 Å². The van der Waals surface area contributed by atoms with E-state index in [1.54, 1.807) is 12.4 Å². The lowest BCUT2D eigenvalue weighted by Crippen LogP contribution is -2.32. The number of rotatable bonds is 4. The van der Waals surface area contributed by atoms with Gasteiger partial charge in [0.2, 0.25) is 0 Å². The molecule has 0 aliphatic rings. The van der Waals surface area contributed by atoms with E-state index >= 15 is 0 Å². The Balaban J connectivity index is 4.50. The quantitative estimate of drug-likeness (QED) is 0.363. The second kappa shape index (κ2) is 4.87. The van der Waals surface area contributed by atoms with E-state index < -0.39 is 0 Å². The third-order valence-electron chi connectivity index (χ3n) is 1.98. The molecule has 4 heteroatoms. The van der Waals surface area contributed by atoms with Crippen molar-refractivity contribution in [2.45, 2.75) is 26.3 Å². The smallest absolute Gasteiger partial charge is 0.0966 e. The van der Waals surface area contributed by atoms with Crippen LogP contribution in [-0.4, -0.2) is 24.5 Å². The average Bonchev–Trinajstić information content (AvgIpc) is 2.01. The molecule has 0 fully saturated rings. The molecule has 0 bridgehead atoms. The number of hydrazone groups is 1. The minimum atomic E-state index is -0.325. The van der Waals surface area contributed by atoms with Crippen LogP contribution < -0.4 is 11.6 Å². The van der Waals surface area contributed by atoms with Crippen LogP contribution in [0.2, 0.25) is 0 Å². The van der Waals surface area contributed by atoms with Crippen molar-refractivity contribution in [3.05, 3.63) is 0 Å². The predicted octanol–water partition coefficient (Wildman–Crippen LogP) is 0.375. The monoisotopic (exact) mass is 170 g/mol.